The lowest BCUT2D eigenvalue weighted by atomic mass is 10.1. The van der Waals surface area contributed by atoms with E-state index in [-0.39, 0.29) is 0 Å². The summed E-state index contributed by atoms with van der Waals surface area (Å²) in [7, 11) is 0. The maximum Gasteiger partial charge on any atom is 0.118 e. The molecular weight excluding hydrogens is 263 g/mol. The fraction of sp³-hybridized carbons (Fsp3) is 0.222. The van der Waals surface area contributed by atoms with E-state index in [1.165, 1.54) is 5.56 Å². The molecule has 0 saturated heterocycles. The van der Waals surface area contributed by atoms with Crippen LogP contribution in [0.5, 0.6) is 0 Å². The third-order valence-electron chi connectivity index (χ3n) is 1.69. The van der Waals surface area contributed by atoms with E-state index in [2.05, 4.69) is 22.6 Å². The monoisotopic (exact) mass is 272 g/mol. The fourth-order valence-corrected chi connectivity index (χ4v) is 1.42. The predicted octanol–water partition coefficient (Wildman–Crippen LogP) is 2.12. The molecule has 2 nitrogen and oxygen atoms in total. The number of rotatable bonds is 1. The predicted molar refractivity (Wildman–Crippen MR) is 56.4 cm³/mol. The molecule has 1 aromatic rings. The molecule has 1 aromatic carbocycles. The van der Waals surface area contributed by atoms with Crippen LogP contribution in [0, 0.1) is 21.8 Å². The van der Waals surface area contributed by atoms with E-state index in [1.807, 2.05) is 31.2 Å². The Hall–Kier alpha value is -0.600. The first-order valence-corrected chi connectivity index (χ1v) is 4.64. The van der Waals surface area contributed by atoms with E-state index in [0.29, 0.717) is 0 Å². The van der Waals surface area contributed by atoms with Crippen LogP contribution in [0.1, 0.15) is 17.2 Å². The first-order valence-electron chi connectivity index (χ1n) is 3.56. The molecule has 0 aromatic heterocycles. The largest absolute Gasteiger partial charge is 0.312 e. The molecule has 3 heteroatoms. The molecule has 0 saturated carbocycles. The van der Waals surface area contributed by atoms with E-state index in [0.717, 1.165) is 9.13 Å². The molecule has 0 fully saturated rings. The van der Waals surface area contributed by atoms with Crippen molar-refractivity contribution in [1.82, 2.24) is 0 Å². The van der Waals surface area contributed by atoms with Gasteiger partial charge in [-0.2, -0.15) is 5.26 Å². The Labute approximate surface area is 85.5 Å². The van der Waals surface area contributed by atoms with Crippen molar-refractivity contribution in [2.75, 3.05) is 0 Å². The Bertz CT molecular complexity index is 328. The minimum atomic E-state index is -0.501. The first kappa shape index (κ1) is 9.49. The molecule has 62 valence electrons. The van der Waals surface area contributed by atoms with Crippen LogP contribution < -0.4 is 5.73 Å². The van der Waals surface area contributed by atoms with Crippen LogP contribution in [0.25, 0.3) is 0 Å². The van der Waals surface area contributed by atoms with Crippen LogP contribution in [0.4, 0.5) is 0 Å². The van der Waals surface area contributed by atoms with Gasteiger partial charge in [-0.3, -0.25) is 0 Å². The summed E-state index contributed by atoms with van der Waals surface area (Å²) in [4.78, 5) is 0. The lowest BCUT2D eigenvalue weighted by molar-refractivity contribution is 0.923. The number of hydrogen-bond acceptors (Lipinski definition) is 2. The molecule has 0 radical (unpaired) electrons. The highest BCUT2D eigenvalue weighted by atomic mass is 127. The van der Waals surface area contributed by atoms with E-state index in [1.54, 1.807) is 0 Å². The molecule has 0 bridgehead atoms. The van der Waals surface area contributed by atoms with Crippen molar-refractivity contribution in [2.45, 2.75) is 13.0 Å². The minimum absolute atomic E-state index is 0.501. The number of nitrogens with zero attached hydrogens (tertiary/aromatic N) is 1. The Morgan fingerprint density at radius 1 is 1.58 bits per heavy atom. The highest BCUT2D eigenvalue weighted by Gasteiger charge is 2.04. The molecule has 12 heavy (non-hydrogen) atoms. The molecule has 0 heterocycles. The molecule has 0 aliphatic carbocycles. The van der Waals surface area contributed by atoms with Crippen LogP contribution in [0.2, 0.25) is 0 Å². The Kier molecular flexibility index (Phi) is 3.06. The van der Waals surface area contributed by atoms with Crippen molar-refractivity contribution in [3.05, 3.63) is 32.9 Å². The van der Waals surface area contributed by atoms with Gasteiger partial charge in [0.15, 0.2) is 0 Å². The SMILES string of the molecule is Cc1ccc(C(N)C#N)cc1I. The Balaban J connectivity index is 3.06. The smallest absolute Gasteiger partial charge is 0.118 e. The summed E-state index contributed by atoms with van der Waals surface area (Å²) in [6.07, 6.45) is 0. The zero-order chi connectivity index (χ0) is 9.14. The van der Waals surface area contributed by atoms with Crippen molar-refractivity contribution in [1.29, 1.82) is 5.26 Å². The second kappa shape index (κ2) is 3.87. The van der Waals surface area contributed by atoms with Gasteiger partial charge >= 0.3 is 0 Å². The van der Waals surface area contributed by atoms with Gasteiger partial charge in [-0.25, -0.2) is 0 Å². The van der Waals surface area contributed by atoms with Gasteiger partial charge in [-0.1, -0.05) is 12.1 Å². The van der Waals surface area contributed by atoms with Gasteiger partial charge in [0, 0.05) is 3.57 Å². The van der Waals surface area contributed by atoms with Gasteiger partial charge < -0.3 is 5.73 Å². The number of aryl methyl sites for hydroxylation is 1. The Morgan fingerprint density at radius 3 is 2.75 bits per heavy atom. The van der Waals surface area contributed by atoms with Gasteiger partial charge in [0.05, 0.1) is 6.07 Å². The minimum Gasteiger partial charge on any atom is -0.312 e. The molecule has 0 aliphatic heterocycles. The van der Waals surface area contributed by atoms with Crippen LogP contribution in [-0.4, -0.2) is 0 Å². The quantitative estimate of drug-likeness (QED) is 0.796. The number of nitrogens with two attached hydrogens (primary N) is 1. The first-order chi connectivity index (χ1) is 5.65. The molecule has 2 N–H and O–H groups in total. The lowest BCUT2D eigenvalue weighted by Crippen LogP contribution is -2.07. The second-order valence-electron chi connectivity index (χ2n) is 2.62. The van der Waals surface area contributed by atoms with Crippen LogP contribution in [0.15, 0.2) is 18.2 Å². The average molecular weight is 272 g/mol. The summed E-state index contributed by atoms with van der Waals surface area (Å²) in [5, 5.41) is 8.57. The molecule has 0 aliphatic rings. The zero-order valence-electron chi connectivity index (χ0n) is 6.71. The number of hydrogen-bond donors (Lipinski definition) is 1. The van der Waals surface area contributed by atoms with E-state index >= 15 is 0 Å². The second-order valence-corrected chi connectivity index (χ2v) is 3.78. The number of benzene rings is 1. The number of nitriles is 1. The van der Waals surface area contributed by atoms with E-state index in [9.17, 15) is 0 Å². The molecule has 1 atom stereocenters. The maximum absolute atomic E-state index is 8.57. The molecule has 0 spiro atoms. The maximum atomic E-state index is 8.57. The van der Waals surface area contributed by atoms with Gasteiger partial charge in [0.1, 0.15) is 6.04 Å². The van der Waals surface area contributed by atoms with Gasteiger partial charge in [0.25, 0.3) is 0 Å². The van der Waals surface area contributed by atoms with E-state index < -0.39 is 6.04 Å². The Morgan fingerprint density at radius 2 is 2.25 bits per heavy atom. The van der Waals surface area contributed by atoms with Crippen LogP contribution in [0.3, 0.4) is 0 Å². The third kappa shape index (κ3) is 1.96. The summed E-state index contributed by atoms with van der Waals surface area (Å²) >= 11 is 2.23. The highest BCUT2D eigenvalue weighted by Crippen LogP contribution is 2.16. The van der Waals surface area contributed by atoms with E-state index in [4.69, 9.17) is 11.0 Å². The van der Waals surface area contributed by atoms with Crippen molar-refractivity contribution >= 4 is 22.6 Å². The average Bonchev–Trinajstić information content (AvgIpc) is 2.08. The number of halogens is 1. The molecular formula is C9H9IN2. The summed E-state index contributed by atoms with van der Waals surface area (Å²) in [5.41, 5.74) is 7.64. The normalized spacial score (nSPS) is 12.2. The molecule has 0 amide bonds. The van der Waals surface area contributed by atoms with Crippen molar-refractivity contribution in [2.24, 2.45) is 5.73 Å². The third-order valence-corrected chi connectivity index (χ3v) is 2.86. The van der Waals surface area contributed by atoms with Crippen LogP contribution in [-0.2, 0) is 0 Å². The summed E-state index contributed by atoms with van der Waals surface area (Å²) in [6.45, 7) is 2.03. The molecule has 1 rings (SSSR count). The van der Waals surface area contributed by atoms with Gasteiger partial charge in [-0.05, 0) is 46.7 Å². The molecule has 1 unspecified atom stereocenters. The fourth-order valence-electron chi connectivity index (χ4n) is 0.877. The zero-order valence-corrected chi connectivity index (χ0v) is 8.87. The van der Waals surface area contributed by atoms with Gasteiger partial charge in [0.2, 0.25) is 0 Å². The summed E-state index contributed by atoms with van der Waals surface area (Å²) < 4.78 is 1.15. The lowest BCUT2D eigenvalue weighted by Gasteiger charge is -2.04. The van der Waals surface area contributed by atoms with Crippen LogP contribution >= 0.6 is 22.6 Å². The summed E-state index contributed by atoms with van der Waals surface area (Å²) in [5.74, 6) is 0. The van der Waals surface area contributed by atoms with Crippen molar-refractivity contribution in [3.63, 3.8) is 0 Å². The van der Waals surface area contributed by atoms with Crippen molar-refractivity contribution in [3.8, 4) is 6.07 Å². The van der Waals surface area contributed by atoms with Crippen molar-refractivity contribution < 1.29 is 0 Å². The standard InChI is InChI=1S/C9H9IN2/c1-6-2-3-7(4-8(6)10)9(12)5-11/h2-4,9H,12H2,1H3. The summed E-state index contributed by atoms with van der Waals surface area (Å²) in [6, 6.07) is 7.32. The highest BCUT2D eigenvalue weighted by molar-refractivity contribution is 14.1. The van der Waals surface area contributed by atoms with Gasteiger partial charge in [-0.15, -0.1) is 0 Å². The topological polar surface area (TPSA) is 49.8 Å².